The molecule has 51 heavy (non-hydrogen) atoms. The maximum absolute atomic E-state index is 2.74. The summed E-state index contributed by atoms with van der Waals surface area (Å²) in [5.74, 6) is 0. The summed E-state index contributed by atoms with van der Waals surface area (Å²) in [5.41, 5.74) is 7.18. The van der Waals surface area contributed by atoms with Gasteiger partial charge in [0.2, 0.25) is 0 Å². The van der Waals surface area contributed by atoms with E-state index in [1.54, 1.807) is 0 Å². The Kier molecular flexibility index (Phi) is 6.86. The van der Waals surface area contributed by atoms with Crippen LogP contribution in [-0.4, -0.2) is 17.2 Å². The van der Waals surface area contributed by atoms with Crippen LogP contribution >= 0.6 is 0 Å². The second kappa shape index (κ2) is 11.9. The molecule has 8 aromatic carbocycles. The van der Waals surface area contributed by atoms with E-state index in [9.17, 15) is 0 Å². The zero-order chi connectivity index (χ0) is 33.8. The van der Waals surface area contributed by atoms with Gasteiger partial charge in [-0.15, -0.1) is 0 Å². The summed E-state index contributed by atoms with van der Waals surface area (Å²) in [7, 11) is -2.74. The first-order valence-corrected chi connectivity index (χ1v) is 19.6. The molecule has 0 unspecified atom stereocenters. The molecule has 10 rings (SSSR count). The van der Waals surface area contributed by atoms with Crippen molar-refractivity contribution in [2.45, 2.75) is 0 Å². The Morgan fingerprint density at radius 1 is 0.294 bits per heavy atom. The van der Waals surface area contributed by atoms with Crippen LogP contribution in [0.3, 0.4) is 0 Å². The molecule has 10 aromatic rings. The summed E-state index contributed by atoms with van der Waals surface area (Å²) in [4.78, 5) is 0. The van der Waals surface area contributed by atoms with Gasteiger partial charge in [0.15, 0.2) is 8.07 Å². The Morgan fingerprint density at radius 2 is 0.765 bits per heavy atom. The van der Waals surface area contributed by atoms with Crippen LogP contribution in [0.25, 0.3) is 55.0 Å². The Bertz CT molecular complexity index is 2740. The third-order valence-corrected chi connectivity index (χ3v) is 15.4. The molecule has 0 spiro atoms. The highest BCUT2D eigenvalue weighted by atomic mass is 28.3. The predicted molar refractivity (Wildman–Crippen MR) is 219 cm³/mol. The van der Waals surface area contributed by atoms with Gasteiger partial charge in [-0.2, -0.15) is 0 Å². The van der Waals surface area contributed by atoms with E-state index in [4.69, 9.17) is 0 Å². The van der Waals surface area contributed by atoms with Crippen molar-refractivity contribution in [2.75, 3.05) is 0 Å². The number of benzene rings is 8. The Hall–Kier alpha value is -6.42. The van der Waals surface area contributed by atoms with Crippen molar-refractivity contribution < 1.29 is 0 Å². The minimum absolute atomic E-state index is 1.16. The third kappa shape index (κ3) is 4.42. The van der Waals surface area contributed by atoms with Crippen LogP contribution in [0.1, 0.15) is 0 Å². The number of para-hydroxylation sites is 3. The van der Waals surface area contributed by atoms with E-state index in [-0.39, 0.29) is 0 Å². The molecule has 0 radical (unpaired) electrons. The Labute approximate surface area is 298 Å². The highest BCUT2D eigenvalue weighted by Gasteiger charge is 2.41. The average molecular weight is 667 g/mol. The molecule has 0 aliphatic rings. The summed E-state index contributed by atoms with van der Waals surface area (Å²) in [6.45, 7) is 0. The minimum Gasteiger partial charge on any atom is -0.309 e. The molecule has 2 aromatic heterocycles. The van der Waals surface area contributed by atoms with Gasteiger partial charge >= 0.3 is 0 Å². The molecule has 0 aliphatic carbocycles. The number of rotatable bonds is 6. The molecule has 3 heteroatoms. The summed E-state index contributed by atoms with van der Waals surface area (Å²) in [5, 5.41) is 10.5. The molecule has 0 atom stereocenters. The van der Waals surface area contributed by atoms with Gasteiger partial charge in [0.25, 0.3) is 0 Å². The fraction of sp³-hybridized carbons (Fsp3) is 0. The average Bonchev–Trinajstić information content (AvgIpc) is 3.73. The van der Waals surface area contributed by atoms with Crippen LogP contribution in [0.15, 0.2) is 206 Å². The largest absolute Gasteiger partial charge is 0.309 e. The summed E-state index contributed by atoms with van der Waals surface area (Å²) < 4.78 is 4.93. The number of hydrogen-bond acceptors (Lipinski definition) is 0. The summed E-state index contributed by atoms with van der Waals surface area (Å²) in [6, 6.07) is 76.2. The van der Waals surface area contributed by atoms with Crippen molar-refractivity contribution in [3.63, 3.8) is 0 Å². The zero-order valence-corrected chi connectivity index (χ0v) is 29.0. The van der Waals surface area contributed by atoms with E-state index < -0.39 is 8.07 Å². The van der Waals surface area contributed by atoms with Crippen LogP contribution in [-0.2, 0) is 0 Å². The molecule has 0 fully saturated rings. The van der Waals surface area contributed by atoms with Crippen LogP contribution in [0.2, 0.25) is 0 Å². The van der Waals surface area contributed by atoms with Crippen molar-refractivity contribution in [3.8, 4) is 11.4 Å². The molecule has 0 saturated heterocycles. The lowest BCUT2D eigenvalue weighted by Crippen LogP contribution is -2.74. The van der Waals surface area contributed by atoms with Crippen molar-refractivity contribution >= 4 is 72.4 Å². The van der Waals surface area contributed by atoms with Crippen LogP contribution < -0.4 is 20.7 Å². The van der Waals surface area contributed by atoms with Gasteiger partial charge < -0.3 is 9.13 Å². The van der Waals surface area contributed by atoms with Crippen LogP contribution in [0.4, 0.5) is 0 Å². The monoisotopic (exact) mass is 666 g/mol. The molecule has 0 bridgehead atoms. The SMILES string of the molecule is c1ccc(-n2c3ccccc3c3c(-n4c5ccccc5c5ccc([Si](c6ccccc6)(c6ccccc6)c6ccccc6)cc54)cccc32)cc1. The zero-order valence-electron chi connectivity index (χ0n) is 28.0. The van der Waals surface area contributed by atoms with Crippen molar-refractivity contribution in [1.82, 2.24) is 9.13 Å². The van der Waals surface area contributed by atoms with Gasteiger partial charge in [-0.3, -0.25) is 0 Å². The second-order valence-corrected chi connectivity index (χ2v) is 17.1. The number of fused-ring (bicyclic) bond motifs is 6. The summed E-state index contributed by atoms with van der Waals surface area (Å²) >= 11 is 0. The maximum Gasteiger partial charge on any atom is 0.179 e. The number of hydrogen-bond donors (Lipinski definition) is 0. The first-order chi connectivity index (χ1) is 25.3. The van der Waals surface area contributed by atoms with E-state index in [0.29, 0.717) is 0 Å². The molecule has 240 valence electrons. The normalized spacial score (nSPS) is 11.9. The predicted octanol–water partition coefficient (Wildman–Crippen LogP) is 9.26. The first kappa shape index (κ1) is 29.5. The van der Waals surface area contributed by atoms with Crippen molar-refractivity contribution in [3.05, 3.63) is 206 Å². The van der Waals surface area contributed by atoms with Crippen molar-refractivity contribution in [1.29, 1.82) is 0 Å². The highest BCUT2D eigenvalue weighted by Crippen LogP contribution is 2.39. The second-order valence-electron chi connectivity index (χ2n) is 13.3. The molecule has 0 N–H and O–H groups in total. The van der Waals surface area contributed by atoms with E-state index in [1.165, 1.54) is 70.0 Å². The lowest BCUT2D eigenvalue weighted by molar-refractivity contribution is 1.17. The third-order valence-electron chi connectivity index (χ3n) is 10.7. The fourth-order valence-corrected chi connectivity index (χ4v) is 13.3. The molecule has 0 aliphatic heterocycles. The molecule has 0 saturated carbocycles. The van der Waals surface area contributed by atoms with Gasteiger partial charge in [0, 0.05) is 27.2 Å². The van der Waals surface area contributed by atoms with E-state index in [2.05, 4.69) is 215 Å². The van der Waals surface area contributed by atoms with Crippen LogP contribution in [0, 0.1) is 0 Å². The van der Waals surface area contributed by atoms with E-state index in [1.807, 2.05) is 0 Å². The molecular weight excluding hydrogens is 633 g/mol. The van der Waals surface area contributed by atoms with Gasteiger partial charge in [0.1, 0.15) is 0 Å². The molecule has 2 heterocycles. The Balaban J connectivity index is 1.35. The molecule has 0 amide bonds. The number of nitrogens with zero attached hydrogens (tertiary/aromatic N) is 2. The topological polar surface area (TPSA) is 9.86 Å². The van der Waals surface area contributed by atoms with Gasteiger partial charge in [-0.05, 0) is 63.2 Å². The van der Waals surface area contributed by atoms with E-state index >= 15 is 0 Å². The number of aromatic nitrogens is 2. The van der Waals surface area contributed by atoms with Gasteiger partial charge in [-0.25, -0.2) is 0 Å². The van der Waals surface area contributed by atoms with E-state index in [0.717, 1.165) is 5.69 Å². The first-order valence-electron chi connectivity index (χ1n) is 17.6. The van der Waals surface area contributed by atoms with Crippen LogP contribution in [0.5, 0.6) is 0 Å². The minimum atomic E-state index is -2.74. The smallest absolute Gasteiger partial charge is 0.179 e. The quantitative estimate of drug-likeness (QED) is 0.124. The maximum atomic E-state index is 2.53. The van der Waals surface area contributed by atoms with Gasteiger partial charge in [0.05, 0.1) is 27.8 Å². The fourth-order valence-electron chi connectivity index (χ4n) is 8.57. The standard InChI is InChI=1S/C48H34N2Si/c1-5-18-35(19-6-1)49-44-29-16-14-27-42(44)48-45(49)30-17-31-46(48)50-43-28-15-13-26-40(43)41-33-32-39(34-47(41)50)51(36-20-7-2-8-21-36,37-22-9-3-10-23-37)38-24-11-4-12-25-38/h1-34H. The lowest BCUT2D eigenvalue weighted by Gasteiger charge is -2.34. The van der Waals surface area contributed by atoms with Crippen molar-refractivity contribution in [2.24, 2.45) is 0 Å². The summed E-state index contributed by atoms with van der Waals surface area (Å²) in [6.07, 6.45) is 0. The lowest BCUT2D eigenvalue weighted by atomic mass is 10.1. The molecule has 2 nitrogen and oxygen atoms in total. The highest BCUT2D eigenvalue weighted by molar-refractivity contribution is 7.20. The Morgan fingerprint density at radius 3 is 1.37 bits per heavy atom. The van der Waals surface area contributed by atoms with Gasteiger partial charge in [-0.1, -0.05) is 164 Å². The molecular formula is C48H34N2Si.